The topological polar surface area (TPSA) is 70.8 Å². The Hall–Kier alpha value is -2.30. The van der Waals surface area contributed by atoms with Gasteiger partial charge in [-0.25, -0.2) is 4.79 Å². The number of nitrogens with zero attached hydrogens (tertiary/aromatic N) is 1. The number of carboxylic acids is 1. The quantitative estimate of drug-likeness (QED) is 0.490. The molecular weight excluding hydrogens is 330 g/mol. The third kappa shape index (κ3) is 5.90. The number of hydrogen-bond acceptors (Lipinski definition) is 3. The summed E-state index contributed by atoms with van der Waals surface area (Å²) in [6.07, 6.45) is 12.9. The Morgan fingerprint density at radius 3 is 2.88 bits per heavy atom. The average molecular weight is 359 g/mol. The lowest BCUT2D eigenvalue weighted by molar-refractivity contribution is -0.128. The Kier molecular flexibility index (Phi) is 7.70. The van der Waals surface area contributed by atoms with Gasteiger partial charge in [0, 0.05) is 19.4 Å². The van der Waals surface area contributed by atoms with Crippen molar-refractivity contribution in [3.05, 3.63) is 47.5 Å². The molecule has 0 aliphatic carbocycles. The highest BCUT2D eigenvalue weighted by Crippen LogP contribution is 2.21. The molecule has 1 aromatic heterocycles. The molecule has 0 spiro atoms. The second-order valence-electron chi connectivity index (χ2n) is 6.82. The number of aromatic carboxylic acids is 1. The number of furan rings is 1. The van der Waals surface area contributed by atoms with Gasteiger partial charge in [-0.2, -0.15) is 0 Å². The molecule has 0 saturated carbocycles. The fourth-order valence-electron chi connectivity index (χ4n) is 3.16. The van der Waals surface area contributed by atoms with Crippen molar-refractivity contribution in [2.45, 2.75) is 64.8 Å². The lowest BCUT2D eigenvalue weighted by Crippen LogP contribution is -2.32. The molecule has 1 fully saturated rings. The molecular formula is C21H29NO4. The van der Waals surface area contributed by atoms with Gasteiger partial charge in [0.15, 0.2) is 0 Å². The molecule has 5 heteroatoms. The van der Waals surface area contributed by atoms with Gasteiger partial charge in [0.2, 0.25) is 11.7 Å². The van der Waals surface area contributed by atoms with E-state index in [1.54, 1.807) is 6.07 Å². The zero-order valence-corrected chi connectivity index (χ0v) is 15.7. The summed E-state index contributed by atoms with van der Waals surface area (Å²) in [6, 6.07) is 3.32. The first kappa shape index (κ1) is 20.0. The lowest BCUT2D eigenvalue weighted by Gasteiger charge is -2.22. The Balaban J connectivity index is 1.84. The fourth-order valence-corrected chi connectivity index (χ4v) is 3.16. The van der Waals surface area contributed by atoms with E-state index in [0.717, 1.165) is 19.3 Å². The van der Waals surface area contributed by atoms with Crippen molar-refractivity contribution in [1.82, 2.24) is 4.90 Å². The van der Waals surface area contributed by atoms with Crippen LogP contribution >= 0.6 is 0 Å². The van der Waals surface area contributed by atoms with Crippen LogP contribution < -0.4 is 0 Å². The van der Waals surface area contributed by atoms with Crippen LogP contribution in [-0.4, -0.2) is 34.5 Å². The van der Waals surface area contributed by atoms with Crippen LogP contribution in [-0.2, 0) is 11.2 Å². The molecule has 2 heterocycles. The molecule has 0 unspecified atom stereocenters. The Morgan fingerprint density at radius 2 is 2.19 bits per heavy atom. The van der Waals surface area contributed by atoms with E-state index in [4.69, 9.17) is 9.52 Å². The molecule has 0 radical (unpaired) electrons. The summed E-state index contributed by atoms with van der Waals surface area (Å²) in [5.74, 6) is -0.254. The fraction of sp³-hybridized carbons (Fsp3) is 0.524. The highest BCUT2D eigenvalue weighted by Gasteiger charge is 2.28. The number of amides is 1. The number of carboxylic acid groups (broad SMARTS) is 1. The van der Waals surface area contributed by atoms with Crippen molar-refractivity contribution in [2.75, 3.05) is 6.54 Å². The predicted octanol–water partition coefficient (Wildman–Crippen LogP) is 4.59. The zero-order chi connectivity index (χ0) is 18.9. The summed E-state index contributed by atoms with van der Waals surface area (Å²) in [4.78, 5) is 24.9. The second kappa shape index (κ2) is 10.00. The molecule has 1 atom stereocenters. The summed E-state index contributed by atoms with van der Waals surface area (Å²) in [5, 5.41) is 8.88. The smallest absolute Gasteiger partial charge is 0.371 e. The maximum absolute atomic E-state index is 12.2. The Labute approximate surface area is 155 Å². The van der Waals surface area contributed by atoms with Crippen molar-refractivity contribution in [3.63, 3.8) is 0 Å². The number of carbonyl (C=O) groups excluding carboxylic acids is 1. The van der Waals surface area contributed by atoms with Gasteiger partial charge >= 0.3 is 5.97 Å². The monoisotopic (exact) mass is 359 g/mol. The molecule has 1 N–H and O–H groups in total. The van der Waals surface area contributed by atoms with Crippen LogP contribution in [0.3, 0.4) is 0 Å². The minimum absolute atomic E-state index is 0.0385. The highest BCUT2D eigenvalue weighted by molar-refractivity contribution is 5.84. The summed E-state index contributed by atoms with van der Waals surface area (Å²) in [7, 11) is 0. The van der Waals surface area contributed by atoms with Crippen molar-refractivity contribution >= 4 is 11.9 Å². The molecule has 5 nitrogen and oxygen atoms in total. The number of allylic oxidation sites excluding steroid dienone is 3. The zero-order valence-electron chi connectivity index (χ0n) is 15.7. The minimum Gasteiger partial charge on any atom is -0.475 e. The van der Waals surface area contributed by atoms with Gasteiger partial charge in [0.1, 0.15) is 5.76 Å². The van der Waals surface area contributed by atoms with E-state index in [1.165, 1.54) is 24.5 Å². The minimum atomic E-state index is -1.06. The SMILES string of the molecule is CCCCC=C(C)C=C[C@H]1CCC(=O)N1CCCc1ccc(C(=O)O)o1. The van der Waals surface area contributed by atoms with Gasteiger partial charge < -0.3 is 14.4 Å². The van der Waals surface area contributed by atoms with Crippen LogP contribution in [0.4, 0.5) is 0 Å². The van der Waals surface area contributed by atoms with Crippen molar-refractivity contribution in [2.24, 2.45) is 0 Å². The molecule has 1 aliphatic heterocycles. The summed E-state index contributed by atoms with van der Waals surface area (Å²) < 4.78 is 5.26. The van der Waals surface area contributed by atoms with Gasteiger partial charge in [-0.15, -0.1) is 0 Å². The Bertz CT molecular complexity index is 671. The van der Waals surface area contributed by atoms with E-state index in [-0.39, 0.29) is 17.7 Å². The largest absolute Gasteiger partial charge is 0.475 e. The number of rotatable bonds is 10. The summed E-state index contributed by atoms with van der Waals surface area (Å²) in [6.45, 7) is 4.95. The second-order valence-corrected chi connectivity index (χ2v) is 6.82. The Morgan fingerprint density at radius 1 is 1.38 bits per heavy atom. The van der Waals surface area contributed by atoms with E-state index >= 15 is 0 Å². The molecule has 142 valence electrons. The van der Waals surface area contributed by atoms with Gasteiger partial charge in [-0.3, -0.25) is 4.79 Å². The lowest BCUT2D eigenvalue weighted by atomic mass is 10.1. The molecule has 0 bridgehead atoms. The van der Waals surface area contributed by atoms with Gasteiger partial charge in [-0.05, 0) is 38.3 Å². The maximum Gasteiger partial charge on any atom is 0.371 e. The summed E-state index contributed by atoms with van der Waals surface area (Å²) in [5.41, 5.74) is 1.24. The van der Waals surface area contributed by atoms with Gasteiger partial charge in [0.05, 0.1) is 6.04 Å². The van der Waals surface area contributed by atoms with Gasteiger partial charge in [-0.1, -0.05) is 43.6 Å². The highest BCUT2D eigenvalue weighted by atomic mass is 16.4. The molecule has 1 saturated heterocycles. The van der Waals surface area contributed by atoms with Crippen LogP contribution in [0.25, 0.3) is 0 Å². The molecule has 0 aromatic carbocycles. The molecule has 1 aliphatic rings. The van der Waals surface area contributed by atoms with E-state index < -0.39 is 5.97 Å². The molecule has 2 rings (SSSR count). The van der Waals surface area contributed by atoms with E-state index in [9.17, 15) is 9.59 Å². The van der Waals surface area contributed by atoms with Crippen molar-refractivity contribution in [3.8, 4) is 0 Å². The van der Waals surface area contributed by atoms with E-state index in [0.29, 0.717) is 25.1 Å². The van der Waals surface area contributed by atoms with Crippen LogP contribution in [0.2, 0.25) is 0 Å². The average Bonchev–Trinajstić information content (AvgIpc) is 3.21. The van der Waals surface area contributed by atoms with Crippen LogP contribution in [0.15, 0.2) is 40.4 Å². The summed E-state index contributed by atoms with van der Waals surface area (Å²) >= 11 is 0. The van der Waals surface area contributed by atoms with Crippen LogP contribution in [0.1, 0.15) is 68.7 Å². The van der Waals surface area contributed by atoms with Crippen LogP contribution in [0, 0.1) is 0 Å². The van der Waals surface area contributed by atoms with E-state index in [1.807, 2.05) is 4.90 Å². The molecule has 1 aromatic rings. The third-order valence-corrected chi connectivity index (χ3v) is 4.67. The first-order chi connectivity index (χ1) is 12.5. The maximum atomic E-state index is 12.2. The molecule has 1 amide bonds. The van der Waals surface area contributed by atoms with E-state index in [2.05, 4.69) is 32.1 Å². The number of aryl methyl sites for hydroxylation is 1. The third-order valence-electron chi connectivity index (χ3n) is 4.67. The normalized spacial score (nSPS) is 18.2. The van der Waals surface area contributed by atoms with Crippen molar-refractivity contribution in [1.29, 1.82) is 0 Å². The predicted molar refractivity (Wildman–Crippen MR) is 101 cm³/mol. The number of likely N-dealkylation sites (tertiary alicyclic amines) is 1. The first-order valence-electron chi connectivity index (χ1n) is 9.47. The standard InChI is InChI=1S/C21H29NO4/c1-3-4-5-7-16(2)9-10-17-11-14-20(23)22(17)15-6-8-18-12-13-19(26-18)21(24)25/h7,9-10,12-13,17H,3-6,8,11,14-15H2,1-2H3,(H,24,25)/t17-/m0/s1. The number of hydrogen-bond donors (Lipinski definition) is 1. The van der Waals surface area contributed by atoms with Crippen LogP contribution in [0.5, 0.6) is 0 Å². The van der Waals surface area contributed by atoms with Gasteiger partial charge in [0.25, 0.3) is 0 Å². The number of unbranched alkanes of at least 4 members (excludes halogenated alkanes) is 2. The first-order valence-corrected chi connectivity index (χ1v) is 9.47. The van der Waals surface area contributed by atoms with Crippen molar-refractivity contribution < 1.29 is 19.1 Å². The number of carbonyl (C=O) groups is 2. The molecule has 26 heavy (non-hydrogen) atoms.